The van der Waals surface area contributed by atoms with Crippen LogP contribution in [0.5, 0.6) is 11.5 Å². The minimum Gasteiger partial charge on any atom is -0.780 e. The zero-order chi connectivity index (χ0) is 33.1. The summed E-state index contributed by atoms with van der Waals surface area (Å²) in [6, 6.07) is 15.7. The van der Waals surface area contributed by atoms with Crippen molar-refractivity contribution >= 4 is 83.8 Å². The molecule has 0 aromatic heterocycles. The molecule has 0 amide bonds. The molecule has 2 nitrogen and oxygen atoms in total. The molecule has 0 N–H and O–H groups in total. The van der Waals surface area contributed by atoms with E-state index in [1.165, 1.54) is 25.7 Å². The molecule has 258 valence electrons. The van der Waals surface area contributed by atoms with Crippen LogP contribution in [0, 0.1) is 11.8 Å². The van der Waals surface area contributed by atoms with E-state index in [-0.39, 0.29) is 16.5 Å². The van der Waals surface area contributed by atoms with Gasteiger partial charge in [-0.25, -0.2) is 0 Å². The van der Waals surface area contributed by atoms with Gasteiger partial charge in [-0.15, -0.1) is 0 Å². The van der Waals surface area contributed by atoms with Gasteiger partial charge in [-0.1, -0.05) is 91.8 Å². The van der Waals surface area contributed by atoms with E-state index in [9.17, 15) is 0 Å². The van der Waals surface area contributed by atoms with Crippen LogP contribution < -0.4 is 9.47 Å². The van der Waals surface area contributed by atoms with Gasteiger partial charge in [0.15, 0.2) is 0 Å². The molecule has 0 atom stereocenters. The first-order chi connectivity index (χ1) is 21.0. The van der Waals surface area contributed by atoms with Crippen LogP contribution >= 0.6 is 23.5 Å². The summed E-state index contributed by atoms with van der Waals surface area (Å²) in [4.78, 5) is 1.24. The van der Waals surface area contributed by atoms with Crippen LogP contribution in [-0.2, 0) is 67.0 Å². The van der Waals surface area contributed by atoms with Gasteiger partial charge in [-0.3, -0.25) is 0 Å². The Morgan fingerprint density at radius 3 is 1.18 bits per heavy atom. The van der Waals surface area contributed by atoms with Gasteiger partial charge in [-0.2, -0.15) is 41.8 Å². The smallest absolute Gasteiger partial charge is 0.124 e. The van der Waals surface area contributed by atoms with Gasteiger partial charge in [0, 0.05) is 27.0 Å². The average molecular weight is 768 g/mol. The Hall–Kier alpha value is -0.406. The molecule has 0 aliphatic heterocycles. The van der Waals surface area contributed by atoms with Gasteiger partial charge in [0.1, 0.15) is 11.5 Å². The molecular weight excluding hydrogens is 715 g/mol. The van der Waals surface area contributed by atoms with Crippen molar-refractivity contribution in [2.45, 2.75) is 104 Å². The van der Waals surface area contributed by atoms with E-state index in [4.69, 9.17) is 60.0 Å². The maximum absolute atomic E-state index is 6.00. The number of para-hydroxylation sites is 2. The second-order valence-electron chi connectivity index (χ2n) is 11.4. The maximum atomic E-state index is 6.00. The van der Waals surface area contributed by atoms with Gasteiger partial charge in [0.2, 0.25) is 0 Å². The first kappa shape index (κ1) is 44.6. The summed E-state index contributed by atoms with van der Waals surface area (Å²) >= 11 is 25.9. The van der Waals surface area contributed by atoms with Crippen molar-refractivity contribution in [3.63, 3.8) is 0 Å². The molecule has 0 aliphatic rings. The number of hydrogen-bond acceptors (Lipinski definition) is 8. The first-order valence-corrected chi connectivity index (χ1v) is 19.3. The van der Waals surface area contributed by atoms with Crippen molar-refractivity contribution in [1.29, 1.82) is 0 Å². The zero-order valence-electron chi connectivity index (χ0n) is 28.2. The molecule has 0 saturated heterocycles. The Balaban J connectivity index is 0.000000978. The van der Waals surface area contributed by atoms with Gasteiger partial charge in [0.25, 0.3) is 0 Å². The molecule has 9 heteroatoms. The molecule has 0 bridgehead atoms. The average Bonchev–Trinajstić information content (AvgIpc) is 3.02. The van der Waals surface area contributed by atoms with Gasteiger partial charge >= 0.3 is 0 Å². The molecule has 0 aliphatic carbocycles. The van der Waals surface area contributed by atoms with Crippen molar-refractivity contribution < 1.29 is 26.0 Å². The number of benzene rings is 2. The van der Waals surface area contributed by atoms with E-state index in [2.05, 4.69) is 55.4 Å². The molecular formula is C36H52NiO2S6-4. The number of ether oxygens (including phenoxy) is 2. The molecule has 2 aromatic carbocycles. The van der Waals surface area contributed by atoms with Gasteiger partial charge in [-0.05, 0) is 73.6 Å². The number of rotatable bonds is 18. The zero-order valence-corrected chi connectivity index (χ0v) is 34.1. The van der Waals surface area contributed by atoms with E-state index in [0.717, 1.165) is 43.9 Å². The summed E-state index contributed by atoms with van der Waals surface area (Å²) in [5.41, 5.74) is 1.73. The van der Waals surface area contributed by atoms with E-state index in [1.54, 1.807) is 23.5 Å². The Bertz CT molecular complexity index is 1060. The molecule has 0 radical (unpaired) electrons. The maximum Gasteiger partial charge on any atom is 0.124 e. The molecule has 0 fully saturated rings. The largest absolute Gasteiger partial charge is 0.780 e. The van der Waals surface area contributed by atoms with Crippen LogP contribution in [0.25, 0.3) is 9.81 Å². The van der Waals surface area contributed by atoms with Crippen LogP contribution in [0.2, 0.25) is 0 Å². The molecule has 0 unspecified atom stereocenters. The van der Waals surface area contributed by atoms with Crippen LogP contribution in [0.1, 0.15) is 105 Å². The summed E-state index contributed by atoms with van der Waals surface area (Å²) in [5.74, 6) is 2.76. The minimum absolute atomic E-state index is 0. The predicted octanol–water partition coefficient (Wildman–Crippen LogP) is 11.5. The van der Waals surface area contributed by atoms with Crippen molar-refractivity contribution in [3.8, 4) is 11.5 Å². The Labute approximate surface area is 316 Å². The SMILES string of the molecule is CC(C)CCOc1ccccc1/C([S-])=C(/[S-])c1ccccc1OCCC(C)C.CCC(CC)S/C([S-])=C(/[S-])SC(CC)CC.[Ni]. The predicted molar refractivity (Wildman–Crippen MR) is 210 cm³/mol. The van der Waals surface area contributed by atoms with Gasteiger partial charge < -0.3 is 60.0 Å². The fourth-order valence-corrected chi connectivity index (χ4v) is 7.34. The molecule has 0 heterocycles. The Morgan fingerprint density at radius 2 is 0.889 bits per heavy atom. The van der Waals surface area contributed by atoms with E-state index < -0.39 is 0 Å². The minimum atomic E-state index is 0. The molecule has 0 saturated carbocycles. The van der Waals surface area contributed by atoms with E-state index in [1.807, 2.05) is 48.5 Å². The van der Waals surface area contributed by atoms with E-state index in [0.29, 0.717) is 45.4 Å². The van der Waals surface area contributed by atoms with Crippen molar-refractivity contribution in [1.82, 2.24) is 0 Å². The molecule has 0 spiro atoms. The third-order valence-corrected chi connectivity index (χ3v) is 12.2. The van der Waals surface area contributed by atoms with Crippen LogP contribution in [-0.4, -0.2) is 23.7 Å². The molecule has 2 rings (SSSR count). The fraction of sp³-hybridized carbons (Fsp3) is 0.556. The molecule has 45 heavy (non-hydrogen) atoms. The number of hydrogen-bond donors (Lipinski definition) is 0. The van der Waals surface area contributed by atoms with Crippen molar-refractivity contribution in [2.24, 2.45) is 11.8 Å². The summed E-state index contributed by atoms with van der Waals surface area (Å²) in [6.07, 6.45) is 6.66. The normalized spacial score (nSPS) is 12.4. The van der Waals surface area contributed by atoms with Gasteiger partial charge in [0.05, 0.1) is 13.2 Å². The summed E-state index contributed by atoms with van der Waals surface area (Å²) in [5, 5.41) is 1.26. The standard InChI is InChI=1S/C24H32O2S2.C12H24S4.Ni/c1-17(2)13-15-25-21-11-7-5-9-19(21)23(27)24(28)20-10-6-8-12-22(20)26-16-14-18(3)4;1-5-9(6-2)15-11(13)12(14)16-10(7-3)8-4;/h5-12,17-18,27-28H,13-16H2,1-4H3;9-10,13-14H,5-8H2,1-4H3;/p-4/b24-23-;12-11-;. The second-order valence-corrected chi connectivity index (χ2v) is 16.2. The summed E-state index contributed by atoms with van der Waals surface area (Å²) < 4.78 is 13.9. The van der Waals surface area contributed by atoms with Crippen molar-refractivity contribution in [2.75, 3.05) is 13.2 Å². The first-order valence-electron chi connectivity index (χ1n) is 15.9. The summed E-state index contributed by atoms with van der Waals surface area (Å²) in [6.45, 7) is 18.9. The van der Waals surface area contributed by atoms with Crippen molar-refractivity contribution in [3.05, 3.63) is 68.1 Å². The summed E-state index contributed by atoms with van der Waals surface area (Å²) in [7, 11) is 0. The third-order valence-electron chi connectivity index (χ3n) is 6.91. The quantitative estimate of drug-likeness (QED) is 0.0837. The van der Waals surface area contributed by atoms with Crippen LogP contribution in [0.15, 0.2) is 57.0 Å². The topological polar surface area (TPSA) is 18.5 Å². The Morgan fingerprint density at radius 1 is 0.578 bits per heavy atom. The van der Waals surface area contributed by atoms with E-state index >= 15 is 0 Å². The fourth-order valence-electron chi connectivity index (χ4n) is 3.92. The second kappa shape index (κ2) is 25.6. The number of thioether (sulfide) groups is 2. The van der Waals surface area contributed by atoms with Crippen LogP contribution in [0.4, 0.5) is 0 Å². The third kappa shape index (κ3) is 17.5. The monoisotopic (exact) mass is 766 g/mol. The molecule has 2 aromatic rings. The van der Waals surface area contributed by atoms with Crippen LogP contribution in [0.3, 0.4) is 0 Å². The Kier molecular flexibility index (Phi) is 25.4.